The second-order valence-corrected chi connectivity index (χ2v) is 4.41. The summed E-state index contributed by atoms with van der Waals surface area (Å²) in [5.74, 6) is 1.07. The Balaban J connectivity index is 2.76. The molecule has 0 aliphatic carbocycles. The Kier molecular flexibility index (Phi) is 4.25. The molecule has 0 aliphatic rings. The second kappa shape index (κ2) is 5.25. The predicted molar refractivity (Wildman–Crippen MR) is 58.8 cm³/mol. The Morgan fingerprint density at radius 3 is 2.77 bits per heavy atom. The lowest BCUT2D eigenvalue weighted by Gasteiger charge is -2.18. The minimum absolute atomic E-state index is 0.153. The average molecular weight is 196 g/mol. The second-order valence-electron chi connectivity index (χ2n) is 2.99. The highest BCUT2D eigenvalue weighted by atomic mass is 32.2. The van der Waals surface area contributed by atoms with Crippen molar-refractivity contribution < 1.29 is 0 Å². The van der Waals surface area contributed by atoms with Crippen molar-refractivity contribution in [3.8, 4) is 0 Å². The van der Waals surface area contributed by atoms with Gasteiger partial charge in [0, 0.05) is 12.2 Å². The molecule has 72 valence electrons. The summed E-state index contributed by atoms with van der Waals surface area (Å²) in [5.41, 5.74) is 6.98. The summed E-state index contributed by atoms with van der Waals surface area (Å²) < 4.78 is 0. The van der Waals surface area contributed by atoms with Crippen LogP contribution >= 0.6 is 11.8 Å². The summed E-state index contributed by atoms with van der Waals surface area (Å²) in [4.78, 5) is 4.32. The van der Waals surface area contributed by atoms with Crippen molar-refractivity contribution in [3.05, 3.63) is 30.1 Å². The van der Waals surface area contributed by atoms with Gasteiger partial charge in [0.25, 0.3) is 0 Å². The molecule has 0 spiro atoms. The van der Waals surface area contributed by atoms with E-state index in [1.54, 1.807) is 0 Å². The first kappa shape index (κ1) is 10.5. The monoisotopic (exact) mass is 196 g/mol. The number of hydrogen-bond acceptors (Lipinski definition) is 3. The van der Waals surface area contributed by atoms with Crippen LogP contribution in [-0.4, -0.2) is 16.8 Å². The van der Waals surface area contributed by atoms with Crippen LogP contribution in [-0.2, 0) is 0 Å². The van der Waals surface area contributed by atoms with E-state index in [1.807, 2.05) is 43.1 Å². The molecule has 2 N–H and O–H groups in total. The molecule has 0 amide bonds. The maximum atomic E-state index is 5.89. The fraction of sp³-hybridized carbons (Fsp3) is 0.500. The van der Waals surface area contributed by atoms with Crippen molar-refractivity contribution in [2.24, 2.45) is 5.73 Å². The molecule has 0 saturated heterocycles. The molecule has 2 unspecified atom stereocenters. The van der Waals surface area contributed by atoms with Crippen molar-refractivity contribution >= 4 is 11.8 Å². The number of aromatic nitrogens is 1. The van der Waals surface area contributed by atoms with Crippen molar-refractivity contribution in [1.29, 1.82) is 0 Å². The van der Waals surface area contributed by atoms with Crippen LogP contribution in [0.15, 0.2) is 24.4 Å². The third-order valence-corrected chi connectivity index (χ3v) is 3.17. The van der Waals surface area contributed by atoms with Gasteiger partial charge in [0.1, 0.15) is 0 Å². The molecule has 1 rings (SSSR count). The standard InChI is InChI=1S/C10H16N2S/c1-3-13-10(8(2)11)9-6-4-5-7-12-9/h4-8,10H,3,11H2,1-2H3. The summed E-state index contributed by atoms with van der Waals surface area (Å²) in [6, 6.07) is 6.13. The van der Waals surface area contributed by atoms with E-state index < -0.39 is 0 Å². The van der Waals surface area contributed by atoms with Gasteiger partial charge in [-0.05, 0) is 24.8 Å². The Morgan fingerprint density at radius 1 is 1.54 bits per heavy atom. The lowest BCUT2D eigenvalue weighted by atomic mass is 10.2. The van der Waals surface area contributed by atoms with Crippen LogP contribution in [0.2, 0.25) is 0 Å². The fourth-order valence-electron chi connectivity index (χ4n) is 1.23. The zero-order valence-electron chi connectivity index (χ0n) is 8.10. The van der Waals surface area contributed by atoms with Gasteiger partial charge >= 0.3 is 0 Å². The maximum absolute atomic E-state index is 5.89. The number of thioether (sulfide) groups is 1. The van der Waals surface area contributed by atoms with E-state index in [0.29, 0.717) is 5.25 Å². The van der Waals surface area contributed by atoms with Gasteiger partial charge in [-0.2, -0.15) is 11.8 Å². The van der Waals surface area contributed by atoms with Gasteiger partial charge < -0.3 is 5.73 Å². The van der Waals surface area contributed by atoms with E-state index in [0.717, 1.165) is 11.4 Å². The van der Waals surface area contributed by atoms with Crippen LogP contribution in [0.1, 0.15) is 24.8 Å². The topological polar surface area (TPSA) is 38.9 Å². The summed E-state index contributed by atoms with van der Waals surface area (Å²) in [6.07, 6.45) is 1.82. The van der Waals surface area contributed by atoms with Crippen LogP contribution in [0.5, 0.6) is 0 Å². The first-order valence-corrected chi connectivity index (χ1v) is 5.58. The normalized spacial score (nSPS) is 15.3. The SMILES string of the molecule is CCSC(c1ccccn1)C(C)N. The van der Waals surface area contributed by atoms with E-state index in [9.17, 15) is 0 Å². The molecule has 2 atom stereocenters. The highest BCUT2D eigenvalue weighted by molar-refractivity contribution is 7.99. The molecule has 0 fully saturated rings. The molecule has 0 aliphatic heterocycles. The number of pyridine rings is 1. The first-order valence-electron chi connectivity index (χ1n) is 4.53. The minimum Gasteiger partial charge on any atom is -0.327 e. The van der Waals surface area contributed by atoms with Gasteiger partial charge in [-0.15, -0.1) is 0 Å². The molecular formula is C10H16N2S. The van der Waals surface area contributed by atoms with Crippen LogP contribution in [0.3, 0.4) is 0 Å². The van der Waals surface area contributed by atoms with E-state index in [2.05, 4.69) is 11.9 Å². The maximum Gasteiger partial charge on any atom is 0.0618 e. The van der Waals surface area contributed by atoms with Crippen LogP contribution < -0.4 is 5.73 Å². The number of hydrogen-bond donors (Lipinski definition) is 1. The van der Waals surface area contributed by atoms with Crippen LogP contribution in [0.4, 0.5) is 0 Å². The highest BCUT2D eigenvalue weighted by Gasteiger charge is 2.16. The largest absolute Gasteiger partial charge is 0.327 e. The molecule has 2 nitrogen and oxygen atoms in total. The molecular weight excluding hydrogens is 180 g/mol. The van der Waals surface area contributed by atoms with Gasteiger partial charge in [-0.3, -0.25) is 4.98 Å². The molecule has 0 bridgehead atoms. The van der Waals surface area contributed by atoms with E-state index in [-0.39, 0.29) is 6.04 Å². The molecule has 0 aromatic carbocycles. The summed E-state index contributed by atoms with van der Waals surface area (Å²) in [7, 11) is 0. The third kappa shape index (κ3) is 3.01. The van der Waals surface area contributed by atoms with Crippen LogP contribution in [0.25, 0.3) is 0 Å². The lowest BCUT2D eigenvalue weighted by molar-refractivity contribution is 0.706. The third-order valence-electron chi connectivity index (χ3n) is 1.80. The number of nitrogens with two attached hydrogens (primary N) is 1. The molecule has 1 aromatic heterocycles. The van der Waals surface area contributed by atoms with E-state index >= 15 is 0 Å². The van der Waals surface area contributed by atoms with E-state index in [1.165, 1.54) is 0 Å². The molecule has 1 heterocycles. The van der Waals surface area contributed by atoms with Gasteiger partial charge in [-0.1, -0.05) is 13.0 Å². The number of rotatable bonds is 4. The summed E-state index contributed by atoms with van der Waals surface area (Å²) in [6.45, 7) is 4.17. The predicted octanol–water partition coefficient (Wildman–Crippen LogP) is 2.22. The zero-order valence-corrected chi connectivity index (χ0v) is 8.92. The van der Waals surface area contributed by atoms with Gasteiger partial charge in [0.2, 0.25) is 0 Å². The van der Waals surface area contributed by atoms with Crippen molar-refractivity contribution in [3.63, 3.8) is 0 Å². The van der Waals surface area contributed by atoms with Gasteiger partial charge in [0.15, 0.2) is 0 Å². The summed E-state index contributed by atoms with van der Waals surface area (Å²) >= 11 is 1.85. The van der Waals surface area contributed by atoms with Crippen molar-refractivity contribution in [2.75, 3.05) is 5.75 Å². The van der Waals surface area contributed by atoms with E-state index in [4.69, 9.17) is 5.73 Å². The first-order chi connectivity index (χ1) is 6.25. The van der Waals surface area contributed by atoms with Gasteiger partial charge in [-0.25, -0.2) is 0 Å². The zero-order chi connectivity index (χ0) is 9.68. The van der Waals surface area contributed by atoms with Crippen molar-refractivity contribution in [2.45, 2.75) is 25.1 Å². The molecule has 0 radical (unpaired) electrons. The smallest absolute Gasteiger partial charge is 0.0618 e. The summed E-state index contributed by atoms with van der Waals surface area (Å²) in [5, 5.41) is 0.325. The lowest BCUT2D eigenvalue weighted by Crippen LogP contribution is -2.23. The Bertz CT molecular complexity index is 236. The highest BCUT2D eigenvalue weighted by Crippen LogP contribution is 2.29. The Morgan fingerprint density at radius 2 is 2.31 bits per heavy atom. The molecule has 1 aromatic rings. The quantitative estimate of drug-likeness (QED) is 0.802. The number of nitrogens with zero attached hydrogens (tertiary/aromatic N) is 1. The average Bonchev–Trinajstić information content (AvgIpc) is 2.15. The van der Waals surface area contributed by atoms with Crippen molar-refractivity contribution in [1.82, 2.24) is 4.98 Å². The minimum atomic E-state index is 0.153. The molecule has 13 heavy (non-hydrogen) atoms. The molecule has 3 heteroatoms. The Labute approximate surface area is 83.9 Å². The fourth-order valence-corrected chi connectivity index (χ4v) is 2.20. The van der Waals surface area contributed by atoms with Gasteiger partial charge in [0.05, 0.1) is 10.9 Å². The van der Waals surface area contributed by atoms with Crippen LogP contribution in [0, 0.1) is 0 Å². The molecule has 0 saturated carbocycles. The Hall–Kier alpha value is -0.540.